The van der Waals surface area contributed by atoms with Gasteiger partial charge < -0.3 is 4.74 Å². The molecule has 0 fully saturated rings. The quantitative estimate of drug-likeness (QED) is 0.710. The first-order valence-electron chi connectivity index (χ1n) is 7.46. The maximum absolute atomic E-state index is 14.0. The summed E-state index contributed by atoms with van der Waals surface area (Å²) in [6.45, 7) is 1.73. The van der Waals surface area contributed by atoms with Crippen LogP contribution in [0.4, 0.5) is 18.3 Å². The molecule has 1 N–H and O–H groups in total. The highest BCUT2D eigenvalue weighted by Gasteiger charge is 2.17. The van der Waals surface area contributed by atoms with E-state index in [9.17, 15) is 18.0 Å². The van der Waals surface area contributed by atoms with Crippen molar-refractivity contribution in [3.8, 4) is 17.0 Å². The van der Waals surface area contributed by atoms with Crippen LogP contribution in [0.5, 0.6) is 5.75 Å². The first kappa shape index (κ1) is 17.9. The number of amides is 1. The van der Waals surface area contributed by atoms with Crippen molar-refractivity contribution in [3.63, 3.8) is 0 Å². The monoisotopic (exact) mass is 378 g/mol. The maximum atomic E-state index is 14.0. The normalized spacial score (nSPS) is 10.7. The van der Waals surface area contributed by atoms with Gasteiger partial charge in [0.25, 0.3) is 5.91 Å². The minimum absolute atomic E-state index is 0.159. The number of rotatable bonds is 4. The van der Waals surface area contributed by atoms with Crippen molar-refractivity contribution in [1.29, 1.82) is 0 Å². The minimum Gasteiger partial charge on any atom is -0.497 e. The highest BCUT2D eigenvalue weighted by atomic mass is 32.1. The third-order valence-electron chi connectivity index (χ3n) is 3.63. The Morgan fingerprint density at radius 2 is 1.85 bits per heavy atom. The predicted molar refractivity (Wildman–Crippen MR) is 93.1 cm³/mol. The van der Waals surface area contributed by atoms with Crippen molar-refractivity contribution in [2.24, 2.45) is 0 Å². The van der Waals surface area contributed by atoms with E-state index < -0.39 is 23.4 Å². The van der Waals surface area contributed by atoms with Gasteiger partial charge in [0.2, 0.25) is 0 Å². The van der Waals surface area contributed by atoms with Gasteiger partial charge >= 0.3 is 0 Å². The number of thiazole rings is 1. The third kappa shape index (κ3) is 3.55. The van der Waals surface area contributed by atoms with Crippen LogP contribution in [0.2, 0.25) is 0 Å². The summed E-state index contributed by atoms with van der Waals surface area (Å²) in [6, 6.07) is 7.32. The summed E-state index contributed by atoms with van der Waals surface area (Å²) in [5, 5.41) is 2.74. The van der Waals surface area contributed by atoms with Crippen LogP contribution in [0.25, 0.3) is 11.3 Å². The molecule has 0 aliphatic rings. The molecule has 3 aromatic rings. The van der Waals surface area contributed by atoms with Crippen LogP contribution in [-0.4, -0.2) is 18.0 Å². The van der Waals surface area contributed by atoms with Gasteiger partial charge in [-0.05, 0) is 37.3 Å². The second kappa shape index (κ2) is 7.17. The van der Waals surface area contributed by atoms with Crippen molar-refractivity contribution < 1.29 is 22.7 Å². The number of anilines is 1. The smallest absolute Gasteiger partial charge is 0.260 e. The Morgan fingerprint density at radius 1 is 1.08 bits per heavy atom. The van der Waals surface area contributed by atoms with E-state index in [1.165, 1.54) is 25.3 Å². The fraction of sp³-hybridized carbons (Fsp3) is 0.111. The van der Waals surface area contributed by atoms with E-state index in [2.05, 4.69) is 10.3 Å². The Hall–Kier alpha value is -2.87. The van der Waals surface area contributed by atoms with E-state index >= 15 is 0 Å². The molecule has 1 amide bonds. The van der Waals surface area contributed by atoms with E-state index in [1.54, 1.807) is 6.92 Å². The van der Waals surface area contributed by atoms with Crippen LogP contribution in [-0.2, 0) is 0 Å². The van der Waals surface area contributed by atoms with Gasteiger partial charge in [0.05, 0.1) is 18.4 Å². The van der Waals surface area contributed by atoms with E-state index in [0.29, 0.717) is 21.9 Å². The Bertz CT molecular complexity index is 989. The van der Waals surface area contributed by atoms with Gasteiger partial charge in [-0.1, -0.05) is 0 Å². The lowest BCUT2D eigenvalue weighted by Gasteiger charge is -2.05. The zero-order valence-corrected chi connectivity index (χ0v) is 14.6. The molecule has 8 heteroatoms. The van der Waals surface area contributed by atoms with Gasteiger partial charge in [-0.25, -0.2) is 18.2 Å². The van der Waals surface area contributed by atoms with Gasteiger partial charge in [-0.15, -0.1) is 11.3 Å². The molecular formula is C18H13F3N2O2S. The molecule has 3 rings (SSSR count). The summed E-state index contributed by atoms with van der Waals surface area (Å²) in [7, 11) is 1.40. The number of aromatic nitrogens is 1. The number of aryl methyl sites for hydroxylation is 1. The van der Waals surface area contributed by atoms with Crippen LogP contribution >= 0.6 is 11.3 Å². The van der Waals surface area contributed by atoms with Crippen LogP contribution in [0.3, 0.4) is 0 Å². The van der Waals surface area contributed by atoms with E-state index in [4.69, 9.17) is 4.74 Å². The van der Waals surface area contributed by atoms with Crippen molar-refractivity contribution in [2.45, 2.75) is 6.92 Å². The Kier molecular flexibility index (Phi) is 4.94. The molecule has 0 aliphatic carbocycles. The molecule has 1 aromatic heterocycles. The molecular weight excluding hydrogens is 365 g/mol. The van der Waals surface area contributed by atoms with E-state index in [1.807, 2.05) is 0 Å². The van der Waals surface area contributed by atoms with Crippen LogP contribution < -0.4 is 10.1 Å². The second-order valence-electron chi connectivity index (χ2n) is 5.35. The average Bonchev–Trinajstić information content (AvgIpc) is 2.97. The molecule has 0 saturated heterocycles. The van der Waals surface area contributed by atoms with Crippen molar-refractivity contribution in [1.82, 2.24) is 4.98 Å². The van der Waals surface area contributed by atoms with Gasteiger partial charge in [-0.2, -0.15) is 0 Å². The number of halogens is 3. The average molecular weight is 378 g/mol. The molecule has 26 heavy (non-hydrogen) atoms. The van der Waals surface area contributed by atoms with Gasteiger partial charge in [0.1, 0.15) is 11.6 Å². The molecule has 1 heterocycles. The Labute approximate surface area is 151 Å². The molecule has 0 bridgehead atoms. The first-order chi connectivity index (χ1) is 12.4. The number of nitrogens with one attached hydrogen (secondary N) is 1. The summed E-state index contributed by atoms with van der Waals surface area (Å²) in [5.41, 5.74) is 0.640. The zero-order valence-electron chi connectivity index (χ0n) is 13.8. The van der Waals surface area contributed by atoms with Crippen LogP contribution in [0.15, 0.2) is 36.4 Å². The molecule has 0 radical (unpaired) electrons. The summed E-state index contributed by atoms with van der Waals surface area (Å²) < 4.78 is 45.4. The van der Waals surface area contributed by atoms with Gasteiger partial charge in [0.15, 0.2) is 16.8 Å². The number of carbonyl (C=O) groups excluding carboxylic acids is 1. The maximum Gasteiger partial charge on any atom is 0.260 e. The van der Waals surface area contributed by atoms with E-state index in [0.717, 1.165) is 29.5 Å². The number of methoxy groups -OCH3 is 1. The first-order valence-corrected chi connectivity index (χ1v) is 8.28. The topological polar surface area (TPSA) is 51.2 Å². The summed E-state index contributed by atoms with van der Waals surface area (Å²) >= 11 is 1.15. The van der Waals surface area contributed by atoms with Crippen molar-refractivity contribution >= 4 is 22.4 Å². The second-order valence-corrected chi connectivity index (χ2v) is 6.56. The number of carbonyl (C=O) groups is 1. The Balaban J connectivity index is 1.85. The number of benzene rings is 2. The molecule has 4 nitrogen and oxygen atoms in total. The summed E-state index contributed by atoms with van der Waals surface area (Å²) in [6.07, 6.45) is 0. The zero-order chi connectivity index (χ0) is 18.8. The lowest BCUT2D eigenvalue weighted by atomic mass is 10.1. The van der Waals surface area contributed by atoms with Gasteiger partial charge in [-0.3, -0.25) is 10.1 Å². The minimum atomic E-state index is -0.985. The lowest BCUT2D eigenvalue weighted by molar-refractivity contribution is 0.102. The summed E-state index contributed by atoms with van der Waals surface area (Å²) in [5.74, 6) is -3.04. The van der Waals surface area contributed by atoms with E-state index in [-0.39, 0.29) is 10.7 Å². The largest absolute Gasteiger partial charge is 0.497 e. The Morgan fingerprint density at radius 3 is 2.50 bits per heavy atom. The fourth-order valence-corrected chi connectivity index (χ4v) is 3.16. The molecule has 0 unspecified atom stereocenters. The molecule has 0 atom stereocenters. The number of hydrogen-bond acceptors (Lipinski definition) is 4. The SMILES string of the molecule is COc1ccc(C(=O)Nc2nc(-c3ccc(F)c(F)c3)c(C)s2)c(F)c1. The lowest BCUT2D eigenvalue weighted by Crippen LogP contribution is -2.13. The van der Waals surface area contributed by atoms with Crippen LogP contribution in [0, 0.1) is 24.4 Å². The predicted octanol–water partition coefficient (Wildman–Crippen LogP) is 4.80. The number of nitrogens with zero attached hydrogens (tertiary/aromatic N) is 1. The highest BCUT2D eigenvalue weighted by molar-refractivity contribution is 7.16. The van der Waals surface area contributed by atoms with Crippen LogP contribution in [0.1, 0.15) is 15.2 Å². The highest BCUT2D eigenvalue weighted by Crippen LogP contribution is 2.31. The molecule has 134 valence electrons. The molecule has 0 aliphatic heterocycles. The number of ether oxygens (including phenoxy) is 1. The van der Waals surface area contributed by atoms with Crippen molar-refractivity contribution in [2.75, 3.05) is 12.4 Å². The standard InChI is InChI=1S/C18H13F3N2O2S/c1-9-16(10-3-6-13(19)15(21)7-10)22-18(26-9)23-17(24)12-5-4-11(25-2)8-14(12)20/h3-8H,1-2H3,(H,22,23,24). The van der Waals surface area contributed by atoms with Gasteiger partial charge in [0, 0.05) is 16.5 Å². The number of hydrogen-bond donors (Lipinski definition) is 1. The molecule has 2 aromatic carbocycles. The molecule has 0 spiro atoms. The molecule has 0 saturated carbocycles. The van der Waals surface area contributed by atoms with Crippen molar-refractivity contribution in [3.05, 3.63) is 64.3 Å². The summed E-state index contributed by atoms with van der Waals surface area (Å²) in [4.78, 5) is 17.2. The fourth-order valence-electron chi connectivity index (χ4n) is 2.33. The third-order valence-corrected chi connectivity index (χ3v) is 4.52.